The van der Waals surface area contributed by atoms with Gasteiger partial charge in [-0.15, -0.1) is 11.3 Å². The van der Waals surface area contributed by atoms with Crippen LogP contribution in [0.15, 0.2) is 35.5 Å². The van der Waals surface area contributed by atoms with Crippen molar-refractivity contribution in [3.63, 3.8) is 0 Å². The molecule has 1 atom stereocenters. The summed E-state index contributed by atoms with van der Waals surface area (Å²) in [6, 6.07) is 3.91. The van der Waals surface area contributed by atoms with Gasteiger partial charge in [0, 0.05) is 23.2 Å². The fourth-order valence-electron chi connectivity index (χ4n) is 5.14. The number of aromatic nitrogens is 2. The molecule has 5 rings (SSSR count). The van der Waals surface area contributed by atoms with E-state index in [-0.39, 0.29) is 16.4 Å². The van der Waals surface area contributed by atoms with Crippen molar-refractivity contribution in [1.29, 1.82) is 0 Å². The third kappa shape index (κ3) is 6.09. The Hall–Kier alpha value is -3.10. The number of thiazole rings is 1. The largest absolute Gasteiger partial charge is 0.481 e. The highest BCUT2D eigenvalue weighted by Gasteiger charge is 2.42. The zero-order valence-corrected chi connectivity index (χ0v) is 23.7. The summed E-state index contributed by atoms with van der Waals surface area (Å²) in [6.45, 7) is 1.24. The number of aliphatic carboxylic acids is 1. The van der Waals surface area contributed by atoms with Crippen LogP contribution < -0.4 is 10.0 Å². The molecular formula is C27H29F3N4O5S2. The SMILES string of the molecule is CC[C@H](NS(=O)(=O)c1ncc(-c2sc(C(=O)NC3CC(C(=O)O)C3)nc2CC2CCC2)c2ccccc12)C(F)(F)F. The smallest absolute Gasteiger partial charge is 0.404 e. The summed E-state index contributed by atoms with van der Waals surface area (Å²) in [5.41, 5.74) is 1.20. The average molecular weight is 611 g/mol. The van der Waals surface area contributed by atoms with Crippen molar-refractivity contribution in [2.45, 2.75) is 75.2 Å². The number of fused-ring (bicyclic) bond motifs is 1. The molecule has 3 N–H and O–H groups in total. The Balaban J connectivity index is 1.51. The third-order valence-corrected chi connectivity index (χ3v) is 10.3. The number of hydrogen-bond acceptors (Lipinski definition) is 7. The molecule has 1 amide bonds. The maximum Gasteiger partial charge on any atom is 0.404 e. The van der Waals surface area contributed by atoms with Gasteiger partial charge >= 0.3 is 12.1 Å². The Kier molecular flexibility index (Phi) is 8.09. The normalized spacial score (nSPS) is 20.3. The minimum Gasteiger partial charge on any atom is -0.481 e. The number of nitrogens with zero attached hydrogens (tertiary/aromatic N) is 2. The second kappa shape index (κ2) is 11.3. The number of carboxylic acid groups (broad SMARTS) is 1. The van der Waals surface area contributed by atoms with Gasteiger partial charge in [0.25, 0.3) is 15.9 Å². The molecule has 3 aromatic rings. The Labute approximate surface area is 238 Å². The highest BCUT2D eigenvalue weighted by atomic mass is 32.2. The van der Waals surface area contributed by atoms with Crippen LogP contribution in [0.5, 0.6) is 0 Å². The van der Waals surface area contributed by atoms with Crippen LogP contribution in [0, 0.1) is 11.8 Å². The van der Waals surface area contributed by atoms with Crippen molar-refractivity contribution >= 4 is 44.0 Å². The number of pyridine rings is 1. The number of hydrogen-bond donors (Lipinski definition) is 3. The predicted molar refractivity (Wildman–Crippen MR) is 146 cm³/mol. The maximum absolute atomic E-state index is 13.4. The highest BCUT2D eigenvalue weighted by molar-refractivity contribution is 7.89. The molecule has 2 saturated carbocycles. The zero-order valence-electron chi connectivity index (χ0n) is 22.1. The quantitative estimate of drug-likeness (QED) is 0.296. The predicted octanol–water partition coefficient (Wildman–Crippen LogP) is 4.91. The fraction of sp³-hybridized carbons (Fsp3) is 0.481. The van der Waals surface area contributed by atoms with E-state index in [4.69, 9.17) is 5.11 Å². The van der Waals surface area contributed by atoms with Crippen molar-refractivity contribution in [3.8, 4) is 10.4 Å². The summed E-state index contributed by atoms with van der Waals surface area (Å²) in [5, 5.41) is 12.2. The lowest BCUT2D eigenvalue weighted by atomic mass is 9.80. The maximum atomic E-state index is 13.4. The Morgan fingerprint density at radius 1 is 1.17 bits per heavy atom. The first kappa shape index (κ1) is 29.4. The molecule has 9 nitrogen and oxygen atoms in total. The molecule has 14 heteroatoms. The van der Waals surface area contributed by atoms with Crippen LogP contribution in [0.25, 0.3) is 21.2 Å². The van der Waals surface area contributed by atoms with Gasteiger partial charge in [-0.05, 0) is 37.0 Å². The number of amides is 1. The number of sulfonamides is 1. The lowest BCUT2D eigenvalue weighted by molar-refractivity contribution is -0.151. The lowest BCUT2D eigenvalue weighted by Gasteiger charge is -2.32. The van der Waals surface area contributed by atoms with E-state index in [1.165, 1.54) is 19.2 Å². The molecule has 2 aliphatic carbocycles. The number of halogens is 3. The van der Waals surface area contributed by atoms with Crippen LogP contribution in [0.3, 0.4) is 0 Å². The van der Waals surface area contributed by atoms with Crippen LogP contribution in [-0.4, -0.2) is 53.6 Å². The Bertz CT molecular complexity index is 1580. The molecule has 0 aliphatic heterocycles. The molecule has 2 heterocycles. The van der Waals surface area contributed by atoms with Gasteiger partial charge in [-0.25, -0.2) is 18.4 Å². The number of alkyl halides is 3. The second-order valence-corrected chi connectivity index (χ2v) is 13.2. The summed E-state index contributed by atoms with van der Waals surface area (Å²) < 4.78 is 68.0. The molecule has 0 saturated heterocycles. The fourth-order valence-corrected chi connectivity index (χ4v) is 7.60. The van der Waals surface area contributed by atoms with Crippen LogP contribution in [0.2, 0.25) is 0 Å². The standard InChI is InChI=1S/C27H29F3N4O5S2/c1-2-21(27(28,29)30)34-41(38,39)25-18-9-4-3-8-17(18)19(13-31-25)22-20(10-14-6-5-7-14)33-24(40-22)23(35)32-16-11-15(12-16)26(36)37/h3-4,8-9,13-16,21,34H,2,5-7,10-12H2,1H3,(H,32,35)(H,36,37)/t15?,16?,21-/m0/s1. The van der Waals surface area contributed by atoms with Gasteiger partial charge in [0.2, 0.25) is 0 Å². The van der Waals surface area contributed by atoms with Gasteiger partial charge in [-0.2, -0.15) is 17.9 Å². The second-order valence-electron chi connectivity index (χ2n) is 10.6. The van der Waals surface area contributed by atoms with E-state index in [0.29, 0.717) is 46.7 Å². The Morgan fingerprint density at radius 3 is 2.44 bits per heavy atom. The first-order valence-electron chi connectivity index (χ1n) is 13.4. The topological polar surface area (TPSA) is 138 Å². The third-order valence-electron chi connectivity index (χ3n) is 7.78. The molecule has 1 aromatic carbocycles. The van der Waals surface area contributed by atoms with Gasteiger partial charge in [0.05, 0.1) is 16.5 Å². The summed E-state index contributed by atoms with van der Waals surface area (Å²) in [5.74, 6) is -1.39. The van der Waals surface area contributed by atoms with E-state index >= 15 is 0 Å². The lowest BCUT2D eigenvalue weighted by Crippen LogP contribution is -2.46. The van der Waals surface area contributed by atoms with E-state index in [1.54, 1.807) is 22.9 Å². The minimum absolute atomic E-state index is 0.151. The molecule has 220 valence electrons. The van der Waals surface area contributed by atoms with Crippen molar-refractivity contribution in [2.75, 3.05) is 0 Å². The van der Waals surface area contributed by atoms with Crippen molar-refractivity contribution in [2.24, 2.45) is 11.8 Å². The molecule has 0 radical (unpaired) electrons. The van der Waals surface area contributed by atoms with E-state index in [1.807, 2.05) is 0 Å². The van der Waals surface area contributed by atoms with Gasteiger partial charge in [-0.1, -0.05) is 50.5 Å². The summed E-state index contributed by atoms with van der Waals surface area (Å²) in [6.07, 6.45) is 0.532. The molecular weight excluding hydrogens is 581 g/mol. The van der Waals surface area contributed by atoms with Crippen LogP contribution in [-0.2, 0) is 21.2 Å². The van der Waals surface area contributed by atoms with Crippen molar-refractivity contribution in [1.82, 2.24) is 20.0 Å². The number of carboxylic acids is 1. The van der Waals surface area contributed by atoms with E-state index in [9.17, 15) is 31.2 Å². The molecule has 0 unspecified atom stereocenters. The first-order chi connectivity index (χ1) is 19.4. The van der Waals surface area contributed by atoms with Gasteiger partial charge in [0.15, 0.2) is 10.0 Å². The van der Waals surface area contributed by atoms with Crippen molar-refractivity contribution < 1.29 is 36.3 Å². The highest BCUT2D eigenvalue weighted by Crippen LogP contribution is 2.40. The summed E-state index contributed by atoms with van der Waals surface area (Å²) >= 11 is 1.13. The van der Waals surface area contributed by atoms with E-state index in [0.717, 1.165) is 30.6 Å². The van der Waals surface area contributed by atoms with Gasteiger partial charge in [0.1, 0.15) is 6.04 Å². The summed E-state index contributed by atoms with van der Waals surface area (Å²) in [7, 11) is -4.63. The number of carbonyl (C=O) groups excluding carboxylic acids is 1. The van der Waals surface area contributed by atoms with E-state index in [2.05, 4.69) is 15.3 Å². The number of benzene rings is 1. The molecule has 2 aromatic heterocycles. The molecule has 41 heavy (non-hydrogen) atoms. The van der Waals surface area contributed by atoms with E-state index < -0.39 is 51.5 Å². The van der Waals surface area contributed by atoms with Crippen LogP contribution in [0.4, 0.5) is 13.2 Å². The van der Waals surface area contributed by atoms with Crippen LogP contribution in [0.1, 0.15) is 60.9 Å². The Morgan fingerprint density at radius 2 is 1.85 bits per heavy atom. The number of nitrogens with one attached hydrogen (secondary N) is 2. The van der Waals surface area contributed by atoms with Crippen molar-refractivity contribution in [3.05, 3.63) is 41.2 Å². The zero-order chi connectivity index (χ0) is 29.5. The average Bonchev–Trinajstić information content (AvgIpc) is 3.28. The molecule has 0 spiro atoms. The monoisotopic (exact) mass is 610 g/mol. The van der Waals surface area contributed by atoms with Gasteiger partial charge in [-0.3, -0.25) is 9.59 Å². The minimum atomic E-state index is -4.76. The molecule has 2 fully saturated rings. The molecule has 2 aliphatic rings. The van der Waals surface area contributed by atoms with Gasteiger partial charge < -0.3 is 10.4 Å². The molecule has 0 bridgehead atoms. The van der Waals surface area contributed by atoms with Crippen LogP contribution >= 0.6 is 11.3 Å². The number of carbonyl (C=O) groups is 2. The summed E-state index contributed by atoms with van der Waals surface area (Å²) in [4.78, 5) is 33.6. The first-order valence-corrected chi connectivity index (χ1v) is 15.7. The number of rotatable bonds is 10.